The van der Waals surface area contributed by atoms with E-state index in [2.05, 4.69) is 10.6 Å². The number of hydrogen-bond donors (Lipinski definition) is 2. The number of nitrogens with one attached hydrogen (secondary N) is 2. The molecule has 4 nitrogen and oxygen atoms in total. The lowest BCUT2D eigenvalue weighted by molar-refractivity contribution is 0.252. The van der Waals surface area contributed by atoms with E-state index in [0.717, 1.165) is 12.8 Å². The van der Waals surface area contributed by atoms with Crippen LogP contribution < -0.4 is 15.4 Å². The van der Waals surface area contributed by atoms with Crippen molar-refractivity contribution < 1.29 is 13.9 Å². The maximum atomic E-state index is 13.1. The molecule has 0 saturated heterocycles. The summed E-state index contributed by atoms with van der Waals surface area (Å²) in [6, 6.07) is 3.87. The lowest BCUT2D eigenvalue weighted by Crippen LogP contribution is -2.29. The maximum absolute atomic E-state index is 13.1. The number of rotatable bonds is 5. The number of hydrogen-bond acceptors (Lipinski definition) is 2. The van der Waals surface area contributed by atoms with Crippen molar-refractivity contribution in [1.29, 1.82) is 0 Å². The van der Waals surface area contributed by atoms with Gasteiger partial charge in [-0.1, -0.05) is 13.3 Å². The molecular formula is C12H17FN2O2. The van der Waals surface area contributed by atoms with Gasteiger partial charge in [-0.3, -0.25) is 0 Å². The van der Waals surface area contributed by atoms with Crippen molar-refractivity contribution >= 4 is 11.7 Å². The van der Waals surface area contributed by atoms with E-state index < -0.39 is 5.82 Å². The number of halogens is 1. The Kier molecular flexibility index (Phi) is 5.26. The molecule has 1 aromatic carbocycles. The molecule has 5 heteroatoms. The molecule has 0 spiro atoms. The number of ether oxygens (including phenoxy) is 1. The predicted molar refractivity (Wildman–Crippen MR) is 64.9 cm³/mol. The van der Waals surface area contributed by atoms with Crippen LogP contribution in [-0.2, 0) is 0 Å². The molecule has 0 saturated carbocycles. The molecule has 1 aromatic rings. The van der Waals surface area contributed by atoms with E-state index >= 15 is 0 Å². The minimum atomic E-state index is -0.454. The minimum absolute atomic E-state index is 0.108. The molecule has 0 radical (unpaired) electrons. The van der Waals surface area contributed by atoms with Gasteiger partial charge in [0.05, 0.1) is 7.11 Å². The van der Waals surface area contributed by atoms with E-state index in [1.165, 1.54) is 25.3 Å². The Balaban J connectivity index is 2.53. The van der Waals surface area contributed by atoms with Gasteiger partial charge < -0.3 is 15.4 Å². The predicted octanol–water partition coefficient (Wildman–Crippen LogP) is 2.76. The fraction of sp³-hybridized carbons (Fsp3) is 0.417. The van der Waals surface area contributed by atoms with Crippen LogP contribution in [0.2, 0.25) is 0 Å². The highest BCUT2D eigenvalue weighted by atomic mass is 19.1. The second-order valence-electron chi connectivity index (χ2n) is 3.58. The fourth-order valence-corrected chi connectivity index (χ4v) is 1.29. The lowest BCUT2D eigenvalue weighted by atomic mass is 10.3. The van der Waals surface area contributed by atoms with Gasteiger partial charge in [0.2, 0.25) is 0 Å². The minimum Gasteiger partial charge on any atom is -0.494 e. The van der Waals surface area contributed by atoms with Gasteiger partial charge in [-0.05, 0) is 18.6 Å². The van der Waals surface area contributed by atoms with Crippen LogP contribution in [0.5, 0.6) is 5.75 Å². The summed E-state index contributed by atoms with van der Waals surface area (Å²) in [4.78, 5) is 11.4. The first-order valence-corrected chi connectivity index (χ1v) is 5.55. The number of carbonyl (C=O) groups excluding carboxylic acids is 1. The largest absolute Gasteiger partial charge is 0.494 e. The summed E-state index contributed by atoms with van der Waals surface area (Å²) < 4.78 is 17.9. The van der Waals surface area contributed by atoms with E-state index in [-0.39, 0.29) is 11.8 Å². The van der Waals surface area contributed by atoms with Gasteiger partial charge in [0, 0.05) is 18.3 Å². The van der Waals surface area contributed by atoms with Crippen LogP contribution in [0, 0.1) is 5.82 Å². The highest BCUT2D eigenvalue weighted by Gasteiger charge is 2.05. The molecule has 0 unspecified atom stereocenters. The monoisotopic (exact) mass is 240 g/mol. The summed E-state index contributed by atoms with van der Waals surface area (Å²) in [5, 5.41) is 5.31. The molecule has 0 aliphatic carbocycles. The Morgan fingerprint density at radius 1 is 1.47 bits per heavy atom. The van der Waals surface area contributed by atoms with Crippen LogP contribution in [-0.4, -0.2) is 19.7 Å². The zero-order valence-electron chi connectivity index (χ0n) is 10.0. The van der Waals surface area contributed by atoms with Gasteiger partial charge in [0.15, 0.2) is 11.6 Å². The first-order chi connectivity index (χ1) is 8.17. The number of benzene rings is 1. The smallest absolute Gasteiger partial charge is 0.319 e. The third kappa shape index (κ3) is 4.30. The van der Waals surface area contributed by atoms with Crippen molar-refractivity contribution in [3.8, 4) is 5.75 Å². The molecule has 0 atom stereocenters. The van der Waals surface area contributed by atoms with Crippen LogP contribution in [0.15, 0.2) is 18.2 Å². The van der Waals surface area contributed by atoms with Crippen molar-refractivity contribution in [1.82, 2.24) is 5.32 Å². The molecule has 0 fully saturated rings. The molecule has 0 aromatic heterocycles. The van der Waals surface area contributed by atoms with Crippen LogP contribution in [0.4, 0.5) is 14.9 Å². The quantitative estimate of drug-likeness (QED) is 0.777. The Morgan fingerprint density at radius 2 is 2.24 bits per heavy atom. The van der Waals surface area contributed by atoms with Crippen LogP contribution >= 0.6 is 0 Å². The number of amides is 2. The van der Waals surface area contributed by atoms with E-state index in [1.807, 2.05) is 6.92 Å². The average molecular weight is 240 g/mol. The van der Waals surface area contributed by atoms with Gasteiger partial charge in [-0.25, -0.2) is 9.18 Å². The Labute approximate surface area is 100 Å². The third-order valence-electron chi connectivity index (χ3n) is 2.22. The molecule has 2 N–H and O–H groups in total. The van der Waals surface area contributed by atoms with Gasteiger partial charge in [-0.15, -0.1) is 0 Å². The molecule has 0 aliphatic rings. The van der Waals surface area contributed by atoms with Gasteiger partial charge in [-0.2, -0.15) is 0 Å². The van der Waals surface area contributed by atoms with Crippen molar-refractivity contribution in [3.63, 3.8) is 0 Å². The maximum Gasteiger partial charge on any atom is 0.319 e. The zero-order valence-corrected chi connectivity index (χ0v) is 10.0. The third-order valence-corrected chi connectivity index (χ3v) is 2.22. The number of anilines is 1. The number of unbranched alkanes of at least 4 members (excludes halogenated alkanes) is 1. The number of carbonyl (C=O) groups is 1. The van der Waals surface area contributed by atoms with Crippen molar-refractivity contribution in [2.24, 2.45) is 0 Å². The Hall–Kier alpha value is -1.78. The van der Waals surface area contributed by atoms with Crippen LogP contribution in [0.25, 0.3) is 0 Å². The van der Waals surface area contributed by atoms with E-state index in [0.29, 0.717) is 12.2 Å². The highest BCUT2D eigenvalue weighted by Crippen LogP contribution is 2.21. The molecular weight excluding hydrogens is 223 g/mol. The summed E-state index contributed by atoms with van der Waals surface area (Å²) in [7, 11) is 1.38. The standard InChI is InChI=1S/C12H17FN2O2/c1-3-4-7-14-12(16)15-9-5-6-10(13)11(8-9)17-2/h5-6,8H,3-4,7H2,1-2H3,(H2,14,15,16). The average Bonchev–Trinajstić information content (AvgIpc) is 2.32. The summed E-state index contributed by atoms with van der Waals surface area (Å²) in [6.07, 6.45) is 1.95. The summed E-state index contributed by atoms with van der Waals surface area (Å²) in [6.45, 7) is 2.67. The van der Waals surface area contributed by atoms with Crippen molar-refractivity contribution in [3.05, 3.63) is 24.0 Å². The van der Waals surface area contributed by atoms with E-state index in [4.69, 9.17) is 4.74 Å². The van der Waals surface area contributed by atoms with Gasteiger partial charge in [0.1, 0.15) is 0 Å². The van der Waals surface area contributed by atoms with Crippen LogP contribution in [0.1, 0.15) is 19.8 Å². The number of urea groups is 1. The Morgan fingerprint density at radius 3 is 2.88 bits per heavy atom. The molecule has 1 rings (SSSR count). The van der Waals surface area contributed by atoms with Gasteiger partial charge in [0.25, 0.3) is 0 Å². The lowest BCUT2D eigenvalue weighted by Gasteiger charge is -2.08. The van der Waals surface area contributed by atoms with Crippen molar-refractivity contribution in [2.75, 3.05) is 19.0 Å². The molecule has 0 aliphatic heterocycles. The SMILES string of the molecule is CCCCNC(=O)Nc1ccc(F)c(OC)c1. The summed E-state index contributed by atoms with van der Waals surface area (Å²) in [5.41, 5.74) is 0.497. The zero-order chi connectivity index (χ0) is 12.7. The normalized spacial score (nSPS) is 9.82. The first-order valence-electron chi connectivity index (χ1n) is 5.55. The first kappa shape index (κ1) is 13.3. The van der Waals surface area contributed by atoms with E-state index in [1.54, 1.807) is 0 Å². The van der Waals surface area contributed by atoms with Crippen molar-refractivity contribution in [2.45, 2.75) is 19.8 Å². The second-order valence-corrected chi connectivity index (χ2v) is 3.58. The summed E-state index contributed by atoms with van der Waals surface area (Å²) in [5.74, 6) is -0.346. The fourth-order valence-electron chi connectivity index (χ4n) is 1.29. The van der Waals surface area contributed by atoms with E-state index in [9.17, 15) is 9.18 Å². The molecule has 0 bridgehead atoms. The molecule has 2 amide bonds. The molecule has 0 heterocycles. The van der Waals surface area contributed by atoms with Gasteiger partial charge >= 0.3 is 6.03 Å². The topological polar surface area (TPSA) is 50.4 Å². The Bertz CT molecular complexity index is 383. The second kappa shape index (κ2) is 6.73. The summed E-state index contributed by atoms with van der Waals surface area (Å²) >= 11 is 0. The van der Waals surface area contributed by atoms with Crippen LogP contribution in [0.3, 0.4) is 0 Å². The number of methoxy groups -OCH3 is 1. The molecule has 94 valence electrons. The molecule has 17 heavy (non-hydrogen) atoms. The highest BCUT2D eigenvalue weighted by molar-refractivity contribution is 5.89.